The van der Waals surface area contributed by atoms with Crippen LogP contribution in [0.2, 0.25) is 5.02 Å². The van der Waals surface area contributed by atoms with Crippen LogP contribution in [0.5, 0.6) is 0 Å². The summed E-state index contributed by atoms with van der Waals surface area (Å²) in [5, 5.41) is 4.31. The third kappa shape index (κ3) is 3.30. The molecule has 1 aliphatic heterocycles. The summed E-state index contributed by atoms with van der Waals surface area (Å²) < 4.78 is 0. The van der Waals surface area contributed by atoms with E-state index in [-0.39, 0.29) is 12.4 Å². The van der Waals surface area contributed by atoms with Crippen molar-refractivity contribution in [2.75, 3.05) is 6.54 Å². The first-order valence-electron chi connectivity index (χ1n) is 6.42. The van der Waals surface area contributed by atoms with Crippen molar-refractivity contribution < 1.29 is 0 Å². The molecule has 0 amide bonds. The van der Waals surface area contributed by atoms with Crippen LogP contribution in [0.25, 0.3) is 11.1 Å². The number of benzene rings is 2. The number of halogens is 2. The van der Waals surface area contributed by atoms with Crippen molar-refractivity contribution in [3.8, 4) is 11.1 Å². The molecule has 3 rings (SSSR count). The Hall–Kier alpha value is -1.02. The molecule has 1 atom stereocenters. The molecule has 1 heterocycles. The zero-order valence-corrected chi connectivity index (χ0v) is 12.2. The van der Waals surface area contributed by atoms with Crippen molar-refractivity contribution in [1.29, 1.82) is 0 Å². The Morgan fingerprint density at radius 3 is 2.42 bits per heavy atom. The SMILES string of the molecule is Cl.Clc1cccc(-c2ccc(C3CCCN3)cc2)c1. The van der Waals surface area contributed by atoms with Crippen molar-refractivity contribution in [1.82, 2.24) is 5.32 Å². The molecule has 3 heteroatoms. The fourth-order valence-electron chi connectivity index (χ4n) is 2.54. The van der Waals surface area contributed by atoms with Crippen LogP contribution in [0.3, 0.4) is 0 Å². The summed E-state index contributed by atoms with van der Waals surface area (Å²) in [5.74, 6) is 0. The van der Waals surface area contributed by atoms with Gasteiger partial charge in [0.15, 0.2) is 0 Å². The molecule has 100 valence electrons. The fourth-order valence-corrected chi connectivity index (χ4v) is 2.74. The Morgan fingerprint density at radius 2 is 1.79 bits per heavy atom. The summed E-state index contributed by atoms with van der Waals surface area (Å²) in [7, 11) is 0. The van der Waals surface area contributed by atoms with Crippen LogP contribution in [0.1, 0.15) is 24.4 Å². The number of hydrogen-bond acceptors (Lipinski definition) is 1. The fraction of sp³-hybridized carbons (Fsp3) is 0.250. The van der Waals surface area contributed by atoms with E-state index >= 15 is 0 Å². The van der Waals surface area contributed by atoms with Crippen molar-refractivity contribution in [3.63, 3.8) is 0 Å². The zero-order valence-electron chi connectivity index (χ0n) is 10.6. The average molecular weight is 294 g/mol. The smallest absolute Gasteiger partial charge is 0.0412 e. The molecule has 1 saturated heterocycles. The minimum absolute atomic E-state index is 0. The van der Waals surface area contributed by atoms with Gasteiger partial charge >= 0.3 is 0 Å². The molecule has 0 aliphatic carbocycles. The minimum Gasteiger partial charge on any atom is -0.310 e. The first-order chi connectivity index (χ1) is 8.83. The first kappa shape index (κ1) is 14.4. The molecule has 0 spiro atoms. The van der Waals surface area contributed by atoms with Crippen LogP contribution in [0.15, 0.2) is 48.5 Å². The second kappa shape index (κ2) is 6.42. The van der Waals surface area contributed by atoms with Crippen LogP contribution < -0.4 is 5.32 Å². The van der Waals surface area contributed by atoms with Crippen molar-refractivity contribution in [2.45, 2.75) is 18.9 Å². The monoisotopic (exact) mass is 293 g/mol. The van der Waals surface area contributed by atoms with E-state index in [4.69, 9.17) is 11.6 Å². The molecule has 2 aromatic rings. The number of hydrogen-bond donors (Lipinski definition) is 1. The predicted octanol–water partition coefficient (Wildman–Crippen LogP) is 4.85. The molecule has 2 aromatic carbocycles. The normalized spacial score (nSPS) is 18.1. The molecule has 1 N–H and O–H groups in total. The van der Waals surface area contributed by atoms with Crippen LogP contribution in [0, 0.1) is 0 Å². The topological polar surface area (TPSA) is 12.0 Å². The van der Waals surface area contributed by atoms with Crippen LogP contribution in [0.4, 0.5) is 0 Å². The minimum atomic E-state index is 0. The molecule has 1 unspecified atom stereocenters. The molecule has 0 aromatic heterocycles. The largest absolute Gasteiger partial charge is 0.310 e. The number of nitrogens with one attached hydrogen (secondary N) is 1. The van der Waals surface area contributed by atoms with Gasteiger partial charge in [-0.2, -0.15) is 0 Å². The van der Waals surface area contributed by atoms with Crippen LogP contribution in [-0.4, -0.2) is 6.54 Å². The van der Waals surface area contributed by atoms with Crippen LogP contribution >= 0.6 is 24.0 Å². The molecule has 0 bridgehead atoms. The number of rotatable bonds is 2. The van der Waals surface area contributed by atoms with Gasteiger partial charge < -0.3 is 5.32 Å². The van der Waals surface area contributed by atoms with Gasteiger partial charge in [-0.05, 0) is 48.2 Å². The molecule has 1 aliphatic rings. The Balaban J connectivity index is 0.00000133. The lowest BCUT2D eigenvalue weighted by atomic mass is 10.00. The van der Waals surface area contributed by atoms with E-state index in [0.717, 1.165) is 11.6 Å². The highest BCUT2D eigenvalue weighted by molar-refractivity contribution is 6.30. The highest BCUT2D eigenvalue weighted by Gasteiger charge is 2.15. The lowest BCUT2D eigenvalue weighted by Gasteiger charge is -2.11. The van der Waals surface area contributed by atoms with E-state index in [1.54, 1.807) is 0 Å². The Labute approximate surface area is 125 Å². The van der Waals surface area contributed by atoms with E-state index in [0.29, 0.717) is 6.04 Å². The summed E-state index contributed by atoms with van der Waals surface area (Å²) in [5.41, 5.74) is 3.78. The van der Waals surface area contributed by atoms with Gasteiger partial charge in [0.1, 0.15) is 0 Å². The molecule has 0 saturated carbocycles. The maximum Gasteiger partial charge on any atom is 0.0412 e. The van der Waals surface area contributed by atoms with Crippen molar-refractivity contribution in [2.24, 2.45) is 0 Å². The van der Waals surface area contributed by atoms with Crippen molar-refractivity contribution >= 4 is 24.0 Å². The van der Waals surface area contributed by atoms with E-state index in [9.17, 15) is 0 Å². The molecular weight excluding hydrogens is 277 g/mol. The van der Waals surface area contributed by atoms with E-state index in [2.05, 4.69) is 35.6 Å². The third-order valence-electron chi connectivity index (χ3n) is 3.53. The highest BCUT2D eigenvalue weighted by Crippen LogP contribution is 2.27. The third-order valence-corrected chi connectivity index (χ3v) is 3.77. The van der Waals surface area contributed by atoms with Gasteiger partial charge in [-0.25, -0.2) is 0 Å². The van der Waals surface area contributed by atoms with E-state index < -0.39 is 0 Å². The molecule has 19 heavy (non-hydrogen) atoms. The summed E-state index contributed by atoms with van der Waals surface area (Å²) in [6.07, 6.45) is 2.53. The second-order valence-corrected chi connectivity index (χ2v) is 5.22. The Kier molecular flexibility index (Phi) is 4.87. The highest BCUT2D eigenvalue weighted by atomic mass is 35.5. The van der Waals surface area contributed by atoms with Gasteiger partial charge in [0.2, 0.25) is 0 Å². The van der Waals surface area contributed by atoms with Gasteiger partial charge in [0.05, 0.1) is 0 Å². The van der Waals surface area contributed by atoms with Gasteiger partial charge in [-0.3, -0.25) is 0 Å². The lowest BCUT2D eigenvalue weighted by Crippen LogP contribution is -2.12. The molecule has 1 fully saturated rings. The van der Waals surface area contributed by atoms with Gasteiger partial charge in [0.25, 0.3) is 0 Å². The predicted molar refractivity (Wildman–Crippen MR) is 84.1 cm³/mol. The average Bonchev–Trinajstić information content (AvgIpc) is 2.93. The van der Waals surface area contributed by atoms with E-state index in [1.165, 1.54) is 29.5 Å². The Bertz CT molecular complexity index is 531. The van der Waals surface area contributed by atoms with Crippen molar-refractivity contribution in [3.05, 3.63) is 59.1 Å². The maximum absolute atomic E-state index is 6.02. The second-order valence-electron chi connectivity index (χ2n) is 4.78. The van der Waals surface area contributed by atoms with E-state index in [1.807, 2.05) is 18.2 Å². The molecule has 0 radical (unpaired) electrons. The zero-order chi connectivity index (χ0) is 12.4. The lowest BCUT2D eigenvalue weighted by molar-refractivity contribution is 0.648. The summed E-state index contributed by atoms with van der Waals surface area (Å²) in [6.45, 7) is 1.14. The van der Waals surface area contributed by atoms with Crippen LogP contribution in [-0.2, 0) is 0 Å². The Morgan fingerprint density at radius 1 is 1.00 bits per heavy atom. The summed E-state index contributed by atoms with van der Waals surface area (Å²) in [4.78, 5) is 0. The van der Waals surface area contributed by atoms with Gasteiger partial charge in [-0.15, -0.1) is 12.4 Å². The maximum atomic E-state index is 6.02. The quantitative estimate of drug-likeness (QED) is 0.834. The van der Waals surface area contributed by atoms with Gasteiger partial charge in [0, 0.05) is 11.1 Å². The standard InChI is InChI=1S/C16H16ClN.ClH/c17-15-4-1-3-14(11-15)12-6-8-13(9-7-12)16-5-2-10-18-16;/h1,3-4,6-9,11,16,18H,2,5,10H2;1H. The first-order valence-corrected chi connectivity index (χ1v) is 6.80. The summed E-state index contributed by atoms with van der Waals surface area (Å²) in [6, 6.07) is 17.3. The van der Waals surface area contributed by atoms with Gasteiger partial charge in [-0.1, -0.05) is 48.0 Å². The molecular formula is C16H17Cl2N. The molecule has 1 nitrogen and oxygen atoms in total. The summed E-state index contributed by atoms with van der Waals surface area (Å²) >= 11 is 6.02.